The first kappa shape index (κ1) is 13.5. The molecule has 1 aromatic rings. The second kappa shape index (κ2) is 6.28. The zero-order chi connectivity index (χ0) is 13.8. The number of anilines is 1. The fourth-order valence-electron chi connectivity index (χ4n) is 3.49. The summed E-state index contributed by atoms with van der Waals surface area (Å²) < 4.78 is 0. The third kappa shape index (κ3) is 3.13. The molecule has 1 saturated heterocycles. The normalized spacial score (nSPS) is 21.1. The van der Waals surface area contributed by atoms with Gasteiger partial charge in [0.15, 0.2) is 0 Å². The number of rotatable bonds is 3. The first-order chi connectivity index (χ1) is 9.85. The molecule has 1 aromatic carbocycles. The Bertz CT molecular complexity index is 460. The molecule has 2 fully saturated rings. The maximum Gasteiger partial charge on any atom is 0.0991 e. The van der Waals surface area contributed by atoms with Gasteiger partial charge in [-0.3, -0.25) is 4.90 Å². The van der Waals surface area contributed by atoms with Gasteiger partial charge in [-0.25, -0.2) is 0 Å². The molecule has 20 heavy (non-hydrogen) atoms. The van der Waals surface area contributed by atoms with E-state index in [1.807, 2.05) is 12.1 Å². The predicted molar refractivity (Wildman–Crippen MR) is 81.8 cm³/mol. The van der Waals surface area contributed by atoms with Crippen LogP contribution in [0.25, 0.3) is 0 Å². The first-order valence-electron chi connectivity index (χ1n) is 7.82. The fourth-order valence-corrected chi connectivity index (χ4v) is 3.49. The lowest BCUT2D eigenvalue weighted by Gasteiger charge is -2.37. The van der Waals surface area contributed by atoms with Gasteiger partial charge >= 0.3 is 0 Å². The number of hydrogen-bond donors (Lipinski definition) is 0. The van der Waals surface area contributed by atoms with Crippen molar-refractivity contribution in [1.82, 2.24) is 4.90 Å². The van der Waals surface area contributed by atoms with Gasteiger partial charge in [0.25, 0.3) is 0 Å². The van der Waals surface area contributed by atoms with Gasteiger partial charge in [0.05, 0.1) is 11.6 Å². The van der Waals surface area contributed by atoms with E-state index in [9.17, 15) is 0 Å². The van der Waals surface area contributed by atoms with Gasteiger partial charge in [-0.05, 0) is 43.0 Å². The van der Waals surface area contributed by atoms with Crippen LogP contribution in [0.2, 0.25) is 0 Å². The molecular weight excluding hydrogens is 246 g/mol. The summed E-state index contributed by atoms with van der Waals surface area (Å²) in [4.78, 5) is 5.07. The Morgan fingerprint density at radius 3 is 2.25 bits per heavy atom. The van der Waals surface area contributed by atoms with E-state index in [4.69, 9.17) is 5.26 Å². The van der Waals surface area contributed by atoms with Crippen molar-refractivity contribution in [2.24, 2.45) is 5.92 Å². The van der Waals surface area contributed by atoms with Crippen LogP contribution in [-0.4, -0.2) is 37.6 Å². The molecular formula is C17H23N3. The van der Waals surface area contributed by atoms with Crippen LogP contribution in [0.3, 0.4) is 0 Å². The summed E-state index contributed by atoms with van der Waals surface area (Å²) in [7, 11) is 0. The summed E-state index contributed by atoms with van der Waals surface area (Å²) in [5.74, 6) is 0.955. The quantitative estimate of drug-likeness (QED) is 0.845. The van der Waals surface area contributed by atoms with Crippen LogP contribution < -0.4 is 4.90 Å². The van der Waals surface area contributed by atoms with E-state index in [-0.39, 0.29) is 0 Å². The van der Waals surface area contributed by atoms with Crippen LogP contribution in [0.1, 0.15) is 31.2 Å². The van der Waals surface area contributed by atoms with Crippen molar-refractivity contribution in [1.29, 1.82) is 5.26 Å². The lowest BCUT2D eigenvalue weighted by Crippen LogP contribution is -2.47. The minimum Gasteiger partial charge on any atom is -0.369 e. The molecule has 1 aliphatic carbocycles. The Morgan fingerprint density at radius 2 is 1.65 bits per heavy atom. The molecule has 3 heteroatoms. The van der Waals surface area contributed by atoms with Crippen LogP contribution in [0, 0.1) is 17.2 Å². The zero-order valence-corrected chi connectivity index (χ0v) is 12.1. The molecule has 0 unspecified atom stereocenters. The van der Waals surface area contributed by atoms with Gasteiger partial charge in [0.2, 0.25) is 0 Å². The first-order valence-corrected chi connectivity index (χ1v) is 7.82. The summed E-state index contributed by atoms with van der Waals surface area (Å²) in [6, 6.07) is 10.2. The van der Waals surface area contributed by atoms with Crippen LogP contribution in [0.4, 0.5) is 5.69 Å². The average molecular weight is 269 g/mol. The molecule has 0 amide bonds. The highest BCUT2D eigenvalue weighted by atomic mass is 15.3. The lowest BCUT2D eigenvalue weighted by molar-refractivity contribution is 0.220. The maximum absolute atomic E-state index is 8.84. The number of nitrogens with zero attached hydrogens (tertiary/aromatic N) is 3. The van der Waals surface area contributed by atoms with E-state index in [0.717, 1.165) is 24.6 Å². The van der Waals surface area contributed by atoms with Gasteiger partial charge in [-0.15, -0.1) is 0 Å². The zero-order valence-electron chi connectivity index (χ0n) is 12.1. The van der Waals surface area contributed by atoms with Crippen molar-refractivity contribution < 1.29 is 0 Å². The van der Waals surface area contributed by atoms with Crippen LogP contribution in [-0.2, 0) is 0 Å². The lowest BCUT2D eigenvalue weighted by atomic mass is 10.1. The van der Waals surface area contributed by atoms with Gasteiger partial charge in [-0.1, -0.05) is 12.8 Å². The topological polar surface area (TPSA) is 30.3 Å². The number of piperazine rings is 1. The Balaban J connectivity index is 1.51. The number of nitriles is 1. The summed E-state index contributed by atoms with van der Waals surface area (Å²) in [5, 5.41) is 8.84. The molecule has 0 aromatic heterocycles. The molecule has 0 N–H and O–H groups in total. The highest BCUT2D eigenvalue weighted by Gasteiger charge is 2.22. The molecule has 2 aliphatic rings. The predicted octanol–water partition coefficient (Wildman–Crippen LogP) is 2.87. The van der Waals surface area contributed by atoms with E-state index < -0.39 is 0 Å². The molecule has 1 aliphatic heterocycles. The third-order valence-corrected chi connectivity index (χ3v) is 4.72. The summed E-state index contributed by atoms with van der Waals surface area (Å²) in [6.07, 6.45) is 5.76. The Kier molecular flexibility index (Phi) is 4.22. The van der Waals surface area contributed by atoms with Crippen molar-refractivity contribution in [3.05, 3.63) is 29.8 Å². The largest absolute Gasteiger partial charge is 0.369 e. The average Bonchev–Trinajstić information content (AvgIpc) is 3.01. The highest BCUT2D eigenvalue weighted by Crippen LogP contribution is 2.26. The Labute approximate surface area is 121 Å². The minimum atomic E-state index is 0.744. The second-order valence-corrected chi connectivity index (χ2v) is 6.10. The summed E-state index contributed by atoms with van der Waals surface area (Å²) >= 11 is 0. The molecule has 1 heterocycles. The van der Waals surface area contributed by atoms with Gasteiger partial charge in [-0.2, -0.15) is 5.26 Å². The Hall–Kier alpha value is -1.53. The van der Waals surface area contributed by atoms with E-state index in [1.165, 1.54) is 51.0 Å². The van der Waals surface area contributed by atoms with Crippen LogP contribution in [0.15, 0.2) is 24.3 Å². The molecule has 3 rings (SSSR count). The van der Waals surface area contributed by atoms with Crippen molar-refractivity contribution in [2.75, 3.05) is 37.6 Å². The van der Waals surface area contributed by atoms with Crippen molar-refractivity contribution >= 4 is 5.69 Å². The van der Waals surface area contributed by atoms with E-state index in [2.05, 4.69) is 28.0 Å². The SMILES string of the molecule is N#Cc1ccc(N2CCN(CC3CCCC3)CC2)cc1. The van der Waals surface area contributed by atoms with Gasteiger partial charge < -0.3 is 4.90 Å². The molecule has 0 bridgehead atoms. The fraction of sp³-hybridized carbons (Fsp3) is 0.588. The maximum atomic E-state index is 8.84. The van der Waals surface area contributed by atoms with Crippen LogP contribution in [0.5, 0.6) is 0 Å². The highest BCUT2D eigenvalue weighted by molar-refractivity contribution is 5.50. The summed E-state index contributed by atoms with van der Waals surface area (Å²) in [6.45, 7) is 5.88. The smallest absolute Gasteiger partial charge is 0.0991 e. The van der Waals surface area contributed by atoms with Crippen molar-refractivity contribution in [3.63, 3.8) is 0 Å². The molecule has 1 saturated carbocycles. The third-order valence-electron chi connectivity index (χ3n) is 4.72. The second-order valence-electron chi connectivity index (χ2n) is 6.10. The van der Waals surface area contributed by atoms with E-state index in [1.54, 1.807) is 0 Å². The van der Waals surface area contributed by atoms with Crippen molar-refractivity contribution in [3.8, 4) is 6.07 Å². The molecule has 0 atom stereocenters. The molecule has 0 radical (unpaired) electrons. The molecule has 106 valence electrons. The van der Waals surface area contributed by atoms with Gasteiger partial charge in [0, 0.05) is 38.4 Å². The number of benzene rings is 1. The van der Waals surface area contributed by atoms with Crippen molar-refractivity contribution in [2.45, 2.75) is 25.7 Å². The number of hydrogen-bond acceptors (Lipinski definition) is 3. The minimum absolute atomic E-state index is 0.744. The van der Waals surface area contributed by atoms with E-state index in [0.29, 0.717) is 0 Å². The summed E-state index contributed by atoms with van der Waals surface area (Å²) in [5.41, 5.74) is 2.00. The molecule has 3 nitrogen and oxygen atoms in total. The Morgan fingerprint density at radius 1 is 1.00 bits per heavy atom. The standard InChI is InChI=1S/C17H23N3/c18-13-15-5-7-17(8-6-15)20-11-9-19(10-12-20)14-16-3-1-2-4-16/h5-8,16H,1-4,9-12,14H2. The van der Waals surface area contributed by atoms with Crippen LogP contribution >= 0.6 is 0 Å². The monoisotopic (exact) mass is 269 g/mol. The van der Waals surface area contributed by atoms with E-state index >= 15 is 0 Å². The van der Waals surface area contributed by atoms with Gasteiger partial charge in [0.1, 0.15) is 0 Å². The molecule has 0 spiro atoms.